The van der Waals surface area contributed by atoms with Crippen molar-refractivity contribution in [3.8, 4) is 5.75 Å². The molecule has 1 atom stereocenters. The van der Waals surface area contributed by atoms with Crippen molar-refractivity contribution in [1.82, 2.24) is 0 Å². The van der Waals surface area contributed by atoms with Crippen molar-refractivity contribution in [3.63, 3.8) is 0 Å². The van der Waals surface area contributed by atoms with E-state index in [1.807, 2.05) is 38.1 Å². The molecule has 2 aromatic rings. The molecule has 29 heavy (non-hydrogen) atoms. The summed E-state index contributed by atoms with van der Waals surface area (Å²) in [6.45, 7) is 3.66. The predicted molar refractivity (Wildman–Crippen MR) is 109 cm³/mol. The minimum atomic E-state index is -0.624. The molecule has 0 spiro atoms. The summed E-state index contributed by atoms with van der Waals surface area (Å²) in [7, 11) is 1.53. The van der Waals surface area contributed by atoms with Crippen LogP contribution >= 0.6 is 0 Å². The number of carbonyl (C=O) groups is 3. The van der Waals surface area contributed by atoms with Crippen molar-refractivity contribution in [3.05, 3.63) is 53.6 Å². The molecule has 2 amide bonds. The van der Waals surface area contributed by atoms with Crippen LogP contribution in [0.15, 0.2) is 42.5 Å². The molecule has 0 aromatic heterocycles. The number of hydrogen-bond acceptors (Lipinski definition) is 5. The van der Waals surface area contributed by atoms with E-state index < -0.39 is 24.4 Å². The third-order valence-electron chi connectivity index (χ3n) is 4.84. The fraction of sp³-hybridized carbons (Fsp3) is 0.318. The first-order valence-corrected chi connectivity index (χ1v) is 9.36. The normalized spacial score (nSPS) is 15.9. The molecule has 2 aromatic carbocycles. The number of nitrogens with one attached hydrogen (secondary N) is 1. The first kappa shape index (κ1) is 20.4. The summed E-state index contributed by atoms with van der Waals surface area (Å²) in [5, 5.41) is 2.73. The number of ether oxygens (including phenoxy) is 2. The van der Waals surface area contributed by atoms with Gasteiger partial charge in [-0.15, -0.1) is 0 Å². The molecule has 1 aliphatic heterocycles. The maximum atomic E-state index is 12.4. The molecule has 1 aliphatic rings. The Kier molecular flexibility index (Phi) is 6.16. The maximum absolute atomic E-state index is 12.4. The highest BCUT2D eigenvalue weighted by Gasteiger charge is 2.37. The van der Waals surface area contributed by atoms with Gasteiger partial charge in [0.2, 0.25) is 5.91 Å². The lowest BCUT2D eigenvalue weighted by molar-refractivity contribution is -0.151. The lowest BCUT2D eigenvalue weighted by Crippen LogP contribution is -2.28. The van der Waals surface area contributed by atoms with Crippen molar-refractivity contribution in [2.75, 3.05) is 30.5 Å². The first-order valence-electron chi connectivity index (χ1n) is 9.36. The van der Waals surface area contributed by atoms with Crippen LogP contribution in [0.5, 0.6) is 5.75 Å². The standard InChI is InChI=1S/C22H24N2O5/c1-14-8-9-17(15(2)10-14)23-20(25)13-29-22(27)16-11-21(26)24(12-16)18-6-4-5-7-19(18)28-3/h4-10,16H,11-13H2,1-3H3,(H,23,25)/t16-/m0/s1. The molecule has 0 unspecified atom stereocenters. The van der Waals surface area contributed by atoms with Gasteiger partial charge in [-0.05, 0) is 37.6 Å². The predicted octanol–water partition coefficient (Wildman–Crippen LogP) is 2.85. The zero-order valence-corrected chi connectivity index (χ0v) is 16.7. The second-order valence-corrected chi connectivity index (χ2v) is 7.05. The Bertz CT molecular complexity index is 941. The number of carbonyl (C=O) groups excluding carboxylic acids is 3. The summed E-state index contributed by atoms with van der Waals surface area (Å²) in [6.07, 6.45) is 0.0373. The fourth-order valence-electron chi connectivity index (χ4n) is 3.35. The SMILES string of the molecule is COc1ccccc1N1C[C@@H](C(=O)OCC(=O)Nc2ccc(C)cc2C)CC1=O. The highest BCUT2D eigenvalue weighted by atomic mass is 16.5. The van der Waals surface area contributed by atoms with Gasteiger partial charge in [0.1, 0.15) is 5.75 Å². The topological polar surface area (TPSA) is 84.9 Å². The molecule has 7 heteroatoms. The van der Waals surface area contributed by atoms with E-state index in [0.717, 1.165) is 11.1 Å². The summed E-state index contributed by atoms with van der Waals surface area (Å²) in [4.78, 5) is 38.4. The van der Waals surface area contributed by atoms with E-state index >= 15 is 0 Å². The van der Waals surface area contributed by atoms with Crippen molar-refractivity contribution in [2.24, 2.45) is 5.92 Å². The Morgan fingerprint density at radius 2 is 1.93 bits per heavy atom. The van der Waals surface area contributed by atoms with Gasteiger partial charge in [0.05, 0.1) is 18.7 Å². The minimum Gasteiger partial charge on any atom is -0.495 e. The summed E-state index contributed by atoms with van der Waals surface area (Å²) in [5.41, 5.74) is 3.31. The lowest BCUT2D eigenvalue weighted by Gasteiger charge is -2.19. The molecule has 0 saturated carbocycles. The van der Waals surface area contributed by atoms with E-state index in [9.17, 15) is 14.4 Å². The van der Waals surface area contributed by atoms with Crippen molar-refractivity contribution in [1.29, 1.82) is 0 Å². The van der Waals surface area contributed by atoms with Crippen LogP contribution in [0.1, 0.15) is 17.5 Å². The molecule has 1 N–H and O–H groups in total. The van der Waals surface area contributed by atoms with Crippen LogP contribution in [0.2, 0.25) is 0 Å². The van der Waals surface area contributed by atoms with Crippen LogP contribution in [0.3, 0.4) is 0 Å². The maximum Gasteiger partial charge on any atom is 0.311 e. The highest BCUT2D eigenvalue weighted by molar-refractivity contribution is 6.01. The molecule has 1 heterocycles. The number of hydrogen-bond donors (Lipinski definition) is 1. The van der Waals surface area contributed by atoms with Crippen LogP contribution in [-0.2, 0) is 19.1 Å². The van der Waals surface area contributed by atoms with E-state index in [1.165, 1.54) is 12.0 Å². The monoisotopic (exact) mass is 396 g/mol. The van der Waals surface area contributed by atoms with E-state index in [1.54, 1.807) is 18.2 Å². The number of aryl methyl sites for hydroxylation is 2. The zero-order valence-electron chi connectivity index (χ0n) is 16.7. The van der Waals surface area contributed by atoms with Crippen LogP contribution in [0.4, 0.5) is 11.4 Å². The summed E-state index contributed by atoms with van der Waals surface area (Å²) in [6, 6.07) is 12.8. The Hall–Kier alpha value is -3.35. The average Bonchev–Trinajstić information content (AvgIpc) is 3.09. The number of benzene rings is 2. The van der Waals surface area contributed by atoms with Gasteiger partial charge in [0.25, 0.3) is 5.91 Å². The Balaban J connectivity index is 1.56. The Morgan fingerprint density at radius 1 is 1.17 bits per heavy atom. The molecule has 0 bridgehead atoms. The lowest BCUT2D eigenvalue weighted by atomic mass is 10.1. The van der Waals surface area contributed by atoms with Crippen LogP contribution in [0.25, 0.3) is 0 Å². The molecular weight excluding hydrogens is 372 g/mol. The number of rotatable bonds is 6. The summed E-state index contributed by atoms with van der Waals surface area (Å²) in [5.74, 6) is -1.23. The molecule has 1 saturated heterocycles. The third-order valence-corrected chi connectivity index (χ3v) is 4.84. The number of para-hydroxylation sites is 2. The number of anilines is 2. The van der Waals surface area contributed by atoms with Crippen LogP contribution < -0.4 is 15.0 Å². The second-order valence-electron chi connectivity index (χ2n) is 7.05. The Morgan fingerprint density at radius 3 is 2.66 bits per heavy atom. The summed E-state index contributed by atoms with van der Waals surface area (Å²) >= 11 is 0. The first-order chi connectivity index (χ1) is 13.9. The quantitative estimate of drug-likeness (QED) is 0.759. The van der Waals surface area contributed by atoms with Gasteiger partial charge < -0.3 is 19.7 Å². The van der Waals surface area contributed by atoms with Crippen LogP contribution in [-0.4, -0.2) is 38.0 Å². The number of nitrogens with zero attached hydrogens (tertiary/aromatic N) is 1. The largest absolute Gasteiger partial charge is 0.495 e. The molecule has 0 aliphatic carbocycles. The van der Waals surface area contributed by atoms with E-state index in [0.29, 0.717) is 17.1 Å². The third kappa shape index (κ3) is 4.74. The average molecular weight is 396 g/mol. The Labute approximate surface area is 169 Å². The zero-order chi connectivity index (χ0) is 21.0. The van der Waals surface area contributed by atoms with E-state index in [-0.39, 0.29) is 18.9 Å². The molecule has 0 radical (unpaired) electrons. The van der Waals surface area contributed by atoms with Gasteiger partial charge in [-0.3, -0.25) is 14.4 Å². The number of esters is 1. The number of methoxy groups -OCH3 is 1. The van der Waals surface area contributed by atoms with Gasteiger partial charge in [0.15, 0.2) is 6.61 Å². The van der Waals surface area contributed by atoms with Gasteiger partial charge in [-0.25, -0.2) is 0 Å². The number of amides is 2. The van der Waals surface area contributed by atoms with Crippen LogP contribution in [0, 0.1) is 19.8 Å². The van der Waals surface area contributed by atoms with Crippen molar-refractivity contribution >= 4 is 29.2 Å². The van der Waals surface area contributed by atoms with Crippen molar-refractivity contribution in [2.45, 2.75) is 20.3 Å². The van der Waals surface area contributed by atoms with Gasteiger partial charge in [0, 0.05) is 18.7 Å². The minimum absolute atomic E-state index is 0.0373. The van der Waals surface area contributed by atoms with E-state index in [4.69, 9.17) is 9.47 Å². The second kappa shape index (κ2) is 8.77. The summed E-state index contributed by atoms with van der Waals surface area (Å²) < 4.78 is 10.4. The molecular formula is C22H24N2O5. The fourth-order valence-corrected chi connectivity index (χ4v) is 3.35. The smallest absolute Gasteiger partial charge is 0.311 e. The van der Waals surface area contributed by atoms with Crippen molar-refractivity contribution < 1.29 is 23.9 Å². The highest BCUT2D eigenvalue weighted by Crippen LogP contribution is 2.33. The molecule has 152 valence electrons. The van der Waals surface area contributed by atoms with Gasteiger partial charge in [-0.1, -0.05) is 29.8 Å². The van der Waals surface area contributed by atoms with E-state index in [2.05, 4.69) is 5.32 Å². The molecule has 7 nitrogen and oxygen atoms in total. The molecule has 3 rings (SSSR count). The molecule has 1 fully saturated rings. The van der Waals surface area contributed by atoms with Gasteiger partial charge in [-0.2, -0.15) is 0 Å². The van der Waals surface area contributed by atoms with Gasteiger partial charge >= 0.3 is 5.97 Å².